The summed E-state index contributed by atoms with van der Waals surface area (Å²) in [6, 6.07) is -0.664. The largest absolute Gasteiger partial charge is 0.467 e. The molecule has 13 heavy (non-hydrogen) atoms. The van der Waals surface area contributed by atoms with Crippen molar-refractivity contribution >= 4 is 11.9 Å². The minimum Gasteiger partial charge on any atom is -0.467 e. The topological polar surface area (TPSA) is 55.4 Å². The number of nitrogens with one attached hydrogen (secondary N) is 1. The highest BCUT2D eigenvalue weighted by Crippen LogP contribution is 1.92. The van der Waals surface area contributed by atoms with Crippen molar-refractivity contribution in [3.8, 4) is 0 Å². The van der Waals surface area contributed by atoms with Crippen molar-refractivity contribution in [1.82, 2.24) is 5.32 Å². The molecule has 0 aromatic carbocycles. The molecule has 1 amide bonds. The van der Waals surface area contributed by atoms with Gasteiger partial charge in [0.1, 0.15) is 6.04 Å². The zero-order valence-corrected chi connectivity index (χ0v) is 8.16. The Hall–Kier alpha value is -1.32. The Morgan fingerprint density at radius 3 is 2.54 bits per heavy atom. The molecule has 0 radical (unpaired) electrons. The summed E-state index contributed by atoms with van der Waals surface area (Å²) < 4.78 is 4.51. The molecule has 0 saturated heterocycles. The number of carbonyl (C=O) groups excluding carboxylic acids is 2. The highest BCUT2D eigenvalue weighted by molar-refractivity contribution is 5.84. The summed E-state index contributed by atoms with van der Waals surface area (Å²) in [5.74, 6) is -0.712. The van der Waals surface area contributed by atoms with E-state index in [-0.39, 0.29) is 5.91 Å². The van der Waals surface area contributed by atoms with E-state index in [9.17, 15) is 9.59 Å². The molecule has 0 aromatic heterocycles. The van der Waals surface area contributed by atoms with E-state index in [4.69, 9.17) is 0 Å². The zero-order valence-electron chi connectivity index (χ0n) is 8.16. The van der Waals surface area contributed by atoms with Gasteiger partial charge in [-0.25, -0.2) is 4.79 Å². The van der Waals surface area contributed by atoms with Crippen molar-refractivity contribution in [2.45, 2.75) is 26.3 Å². The molecule has 1 N–H and O–H groups in total. The molecule has 0 rings (SSSR count). The minimum atomic E-state index is -0.664. The molecule has 0 saturated carbocycles. The monoisotopic (exact) mass is 185 g/mol. The van der Waals surface area contributed by atoms with Crippen LogP contribution in [0, 0.1) is 0 Å². The number of esters is 1. The molecule has 0 spiro atoms. The van der Waals surface area contributed by atoms with Gasteiger partial charge in [-0.2, -0.15) is 0 Å². The molecule has 0 bridgehead atoms. The lowest BCUT2D eigenvalue weighted by Crippen LogP contribution is -2.38. The fourth-order valence-corrected chi connectivity index (χ4v) is 0.804. The second-order valence-electron chi connectivity index (χ2n) is 2.54. The first-order chi connectivity index (χ1) is 6.11. The lowest BCUT2D eigenvalue weighted by atomic mass is 10.2. The smallest absolute Gasteiger partial charge is 0.332 e. The Morgan fingerprint density at radius 1 is 1.54 bits per heavy atom. The molecule has 0 fully saturated rings. The SMILES string of the molecule is CC/C=C/[C@H](NC(C)=O)C(=O)OC. The van der Waals surface area contributed by atoms with Crippen molar-refractivity contribution in [3.63, 3.8) is 0 Å². The molecule has 0 heterocycles. The Kier molecular flexibility index (Phi) is 5.59. The van der Waals surface area contributed by atoms with Gasteiger partial charge < -0.3 is 10.1 Å². The lowest BCUT2D eigenvalue weighted by molar-refractivity contribution is -0.143. The van der Waals surface area contributed by atoms with Crippen LogP contribution in [0.15, 0.2) is 12.2 Å². The van der Waals surface area contributed by atoms with Gasteiger partial charge in [0.05, 0.1) is 7.11 Å². The summed E-state index contributed by atoms with van der Waals surface area (Å²) in [5, 5.41) is 2.47. The second kappa shape index (κ2) is 6.22. The van der Waals surface area contributed by atoms with Crippen LogP contribution in [-0.4, -0.2) is 25.0 Å². The summed E-state index contributed by atoms with van der Waals surface area (Å²) in [7, 11) is 1.29. The number of hydrogen-bond donors (Lipinski definition) is 1. The maximum absolute atomic E-state index is 11.1. The van der Waals surface area contributed by atoms with Crippen LogP contribution in [0.5, 0.6) is 0 Å². The quantitative estimate of drug-likeness (QED) is 0.516. The number of carbonyl (C=O) groups is 2. The molecule has 4 heteroatoms. The highest BCUT2D eigenvalue weighted by atomic mass is 16.5. The Morgan fingerprint density at radius 2 is 2.15 bits per heavy atom. The second-order valence-corrected chi connectivity index (χ2v) is 2.54. The molecule has 0 unspecified atom stereocenters. The first kappa shape index (κ1) is 11.7. The maximum atomic E-state index is 11.1. The average Bonchev–Trinajstić information content (AvgIpc) is 2.10. The van der Waals surface area contributed by atoms with Gasteiger partial charge in [-0.1, -0.05) is 19.1 Å². The summed E-state index contributed by atoms with van der Waals surface area (Å²) in [6.07, 6.45) is 4.23. The van der Waals surface area contributed by atoms with E-state index in [0.29, 0.717) is 0 Å². The van der Waals surface area contributed by atoms with Crippen molar-refractivity contribution in [2.24, 2.45) is 0 Å². The number of methoxy groups -OCH3 is 1. The minimum absolute atomic E-state index is 0.254. The van der Waals surface area contributed by atoms with Crippen LogP contribution in [0.1, 0.15) is 20.3 Å². The molecule has 1 atom stereocenters. The van der Waals surface area contributed by atoms with E-state index >= 15 is 0 Å². The van der Waals surface area contributed by atoms with Gasteiger partial charge in [0.25, 0.3) is 0 Å². The van der Waals surface area contributed by atoms with Gasteiger partial charge in [-0.3, -0.25) is 4.79 Å². The lowest BCUT2D eigenvalue weighted by Gasteiger charge is -2.10. The summed E-state index contributed by atoms with van der Waals surface area (Å²) in [5.41, 5.74) is 0. The first-order valence-electron chi connectivity index (χ1n) is 4.13. The average molecular weight is 185 g/mol. The third-order valence-corrected chi connectivity index (χ3v) is 1.38. The van der Waals surface area contributed by atoms with E-state index in [1.165, 1.54) is 14.0 Å². The zero-order chi connectivity index (χ0) is 10.3. The van der Waals surface area contributed by atoms with Gasteiger partial charge in [0, 0.05) is 6.92 Å². The molecule has 0 aliphatic rings. The first-order valence-corrected chi connectivity index (χ1v) is 4.13. The van der Waals surface area contributed by atoms with E-state index in [2.05, 4.69) is 10.1 Å². The molecule has 0 aliphatic heterocycles. The summed E-state index contributed by atoms with van der Waals surface area (Å²) >= 11 is 0. The number of amides is 1. The Labute approximate surface area is 78.0 Å². The van der Waals surface area contributed by atoms with Gasteiger partial charge in [-0.15, -0.1) is 0 Å². The number of allylic oxidation sites excluding steroid dienone is 1. The van der Waals surface area contributed by atoms with Crippen LogP contribution in [0.2, 0.25) is 0 Å². The molecular weight excluding hydrogens is 170 g/mol. The van der Waals surface area contributed by atoms with E-state index in [0.717, 1.165) is 6.42 Å². The van der Waals surface area contributed by atoms with E-state index < -0.39 is 12.0 Å². The molecule has 0 aliphatic carbocycles. The summed E-state index contributed by atoms with van der Waals surface area (Å²) in [6.45, 7) is 3.30. The van der Waals surface area contributed by atoms with Gasteiger partial charge >= 0.3 is 5.97 Å². The van der Waals surface area contributed by atoms with Gasteiger partial charge in [0.15, 0.2) is 0 Å². The van der Waals surface area contributed by atoms with Gasteiger partial charge in [-0.05, 0) is 6.42 Å². The van der Waals surface area contributed by atoms with Crippen LogP contribution in [0.3, 0.4) is 0 Å². The fraction of sp³-hybridized carbons (Fsp3) is 0.556. The number of hydrogen-bond acceptors (Lipinski definition) is 3. The predicted molar refractivity (Wildman–Crippen MR) is 49.1 cm³/mol. The van der Waals surface area contributed by atoms with Crippen LogP contribution in [0.25, 0.3) is 0 Å². The van der Waals surface area contributed by atoms with Crippen molar-refractivity contribution in [1.29, 1.82) is 0 Å². The van der Waals surface area contributed by atoms with E-state index in [1.54, 1.807) is 12.2 Å². The van der Waals surface area contributed by atoms with E-state index in [1.807, 2.05) is 6.92 Å². The molecule has 74 valence electrons. The summed E-state index contributed by atoms with van der Waals surface area (Å²) in [4.78, 5) is 21.8. The van der Waals surface area contributed by atoms with Crippen LogP contribution < -0.4 is 5.32 Å². The van der Waals surface area contributed by atoms with Crippen LogP contribution in [0.4, 0.5) is 0 Å². The molecule has 4 nitrogen and oxygen atoms in total. The Bertz CT molecular complexity index is 211. The van der Waals surface area contributed by atoms with Crippen molar-refractivity contribution < 1.29 is 14.3 Å². The Balaban J connectivity index is 4.27. The third kappa shape index (κ3) is 5.00. The molecule has 0 aromatic rings. The van der Waals surface area contributed by atoms with Crippen molar-refractivity contribution in [3.05, 3.63) is 12.2 Å². The van der Waals surface area contributed by atoms with Gasteiger partial charge in [0.2, 0.25) is 5.91 Å². The number of rotatable bonds is 4. The fourth-order valence-electron chi connectivity index (χ4n) is 0.804. The van der Waals surface area contributed by atoms with Crippen molar-refractivity contribution in [2.75, 3.05) is 7.11 Å². The molecular formula is C9H15NO3. The van der Waals surface area contributed by atoms with Crippen LogP contribution in [-0.2, 0) is 14.3 Å². The normalized spacial score (nSPS) is 12.5. The van der Waals surface area contributed by atoms with Crippen LogP contribution >= 0.6 is 0 Å². The third-order valence-electron chi connectivity index (χ3n) is 1.38. The highest BCUT2D eigenvalue weighted by Gasteiger charge is 2.15. The number of ether oxygens (including phenoxy) is 1. The maximum Gasteiger partial charge on any atom is 0.332 e. The standard InChI is InChI=1S/C9H15NO3/c1-4-5-6-8(9(12)13-3)10-7(2)11/h5-6,8H,4H2,1-3H3,(H,10,11)/b6-5+/t8-/m0/s1. The predicted octanol–water partition coefficient (Wildman–Crippen LogP) is 0.630.